The Morgan fingerprint density at radius 1 is 1.11 bits per heavy atom. The Morgan fingerprint density at radius 3 is 2.45 bits per heavy atom. The molecule has 5 N–H and O–H groups in total. The number of nitrogens with zero attached hydrogens (tertiary/aromatic N) is 1. The minimum atomic E-state index is -1.46. The Balaban J connectivity index is 2.07. The molecule has 0 bridgehead atoms. The van der Waals surface area contributed by atoms with E-state index >= 15 is 0 Å². The van der Waals surface area contributed by atoms with Crippen LogP contribution in [-0.4, -0.2) is 79.1 Å². The summed E-state index contributed by atoms with van der Waals surface area (Å²) in [4.78, 5) is 49.4. The van der Waals surface area contributed by atoms with E-state index in [1.807, 2.05) is 0 Å². The van der Waals surface area contributed by atoms with E-state index < -0.39 is 47.8 Å². The van der Waals surface area contributed by atoms with E-state index in [-0.39, 0.29) is 37.6 Å². The second-order valence-corrected chi connectivity index (χ2v) is 8.35. The summed E-state index contributed by atoms with van der Waals surface area (Å²) < 4.78 is 29.2. The van der Waals surface area contributed by atoms with Gasteiger partial charge in [-0.25, -0.2) is 9.18 Å². The Morgan fingerprint density at radius 2 is 1.84 bits per heavy atom. The molecule has 2 aromatic rings. The van der Waals surface area contributed by atoms with E-state index in [9.17, 15) is 28.7 Å². The van der Waals surface area contributed by atoms with E-state index in [2.05, 4.69) is 26.4 Å². The summed E-state index contributed by atoms with van der Waals surface area (Å²) in [6, 6.07) is 3.12. The van der Waals surface area contributed by atoms with Crippen LogP contribution in [0.5, 0.6) is 0 Å². The number of aryl methyl sites for hydroxylation is 2. The van der Waals surface area contributed by atoms with Crippen LogP contribution in [0.4, 0.5) is 9.18 Å². The average molecular weight is 538 g/mol. The first-order chi connectivity index (χ1) is 18.0. The summed E-state index contributed by atoms with van der Waals surface area (Å²) in [7, 11) is 1.39. The van der Waals surface area contributed by atoms with Gasteiger partial charge in [-0.05, 0) is 32.4 Å². The van der Waals surface area contributed by atoms with Gasteiger partial charge in [-0.1, -0.05) is 17.3 Å². The van der Waals surface area contributed by atoms with E-state index in [4.69, 9.17) is 14.0 Å². The van der Waals surface area contributed by atoms with E-state index in [1.54, 1.807) is 19.9 Å². The average Bonchev–Trinajstić information content (AvgIpc) is 3.31. The largest absolute Gasteiger partial charge is 0.447 e. The summed E-state index contributed by atoms with van der Waals surface area (Å²) in [5.74, 6) is -2.52. The Hall–Kier alpha value is -4.04. The number of nitrogens with one attached hydrogen (secondary N) is 4. The molecule has 1 heterocycles. The van der Waals surface area contributed by atoms with Gasteiger partial charge >= 0.3 is 6.09 Å². The fourth-order valence-corrected chi connectivity index (χ4v) is 3.11. The standard InChI is InChI=1S/C24H32FN5O8/c1-13-5-6-16(17(25)9-13)11-27-21(32)19(12-36-7-8-37-24(35)26-4)28-23(34)20(15(3)31)29-22(33)18-10-14(2)38-30-18/h5-6,9-10,15,19-20,31H,7-8,11-12H2,1-4H3,(H,26,35)(H,27,32)(H,28,34)(H,29,33). The van der Waals surface area contributed by atoms with Crippen LogP contribution in [0.2, 0.25) is 0 Å². The van der Waals surface area contributed by atoms with Gasteiger partial charge in [-0.2, -0.15) is 0 Å². The lowest BCUT2D eigenvalue weighted by Gasteiger charge is -2.24. The van der Waals surface area contributed by atoms with Crippen molar-refractivity contribution >= 4 is 23.8 Å². The fraction of sp³-hybridized carbons (Fsp3) is 0.458. The summed E-state index contributed by atoms with van der Waals surface area (Å²) >= 11 is 0. The highest BCUT2D eigenvalue weighted by molar-refractivity contribution is 5.97. The van der Waals surface area contributed by atoms with Crippen LogP contribution in [0.1, 0.15) is 34.3 Å². The molecule has 0 aliphatic rings. The van der Waals surface area contributed by atoms with Crippen molar-refractivity contribution < 1.29 is 42.7 Å². The molecule has 1 aromatic carbocycles. The number of rotatable bonds is 13. The molecule has 14 heteroatoms. The zero-order chi connectivity index (χ0) is 28.2. The molecule has 3 atom stereocenters. The first kappa shape index (κ1) is 30.2. The summed E-state index contributed by atoms with van der Waals surface area (Å²) in [6.07, 6.45) is -2.02. The number of alkyl carbamates (subject to hydrolysis) is 1. The van der Waals surface area contributed by atoms with Crippen LogP contribution in [-0.2, 0) is 25.6 Å². The maximum absolute atomic E-state index is 14.2. The van der Waals surface area contributed by atoms with Gasteiger partial charge in [0.1, 0.15) is 30.3 Å². The maximum atomic E-state index is 14.2. The molecular formula is C24H32FN5O8. The molecule has 4 amide bonds. The number of carbonyl (C=O) groups excluding carboxylic acids is 4. The Bertz CT molecular complexity index is 1120. The quantitative estimate of drug-likeness (QED) is 0.221. The summed E-state index contributed by atoms with van der Waals surface area (Å²) in [5.41, 5.74) is 0.836. The lowest BCUT2D eigenvalue weighted by molar-refractivity contribution is -0.133. The molecule has 3 unspecified atom stereocenters. The zero-order valence-electron chi connectivity index (χ0n) is 21.5. The molecule has 13 nitrogen and oxygen atoms in total. The van der Waals surface area contributed by atoms with Crippen molar-refractivity contribution in [2.24, 2.45) is 0 Å². The minimum Gasteiger partial charge on any atom is -0.447 e. The third-order valence-electron chi connectivity index (χ3n) is 5.16. The molecular weight excluding hydrogens is 505 g/mol. The first-order valence-electron chi connectivity index (χ1n) is 11.7. The number of aliphatic hydroxyl groups excluding tert-OH is 1. The molecule has 2 rings (SSSR count). The number of ether oxygens (including phenoxy) is 2. The first-order valence-corrected chi connectivity index (χ1v) is 11.7. The predicted molar refractivity (Wildman–Crippen MR) is 130 cm³/mol. The number of aliphatic hydroxyl groups is 1. The number of aromatic nitrogens is 1. The smallest absolute Gasteiger partial charge is 0.406 e. The normalized spacial score (nSPS) is 13.1. The van der Waals surface area contributed by atoms with E-state index in [1.165, 1.54) is 32.2 Å². The van der Waals surface area contributed by atoms with Crippen LogP contribution in [0.3, 0.4) is 0 Å². The number of benzene rings is 1. The van der Waals surface area contributed by atoms with Crippen molar-refractivity contribution in [3.8, 4) is 0 Å². The molecule has 208 valence electrons. The van der Waals surface area contributed by atoms with Crippen LogP contribution < -0.4 is 21.3 Å². The van der Waals surface area contributed by atoms with Gasteiger partial charge in [0.2, 0.25) is 11.8 Å². The summed E-state index contributed by atoms with van der Waals surface area (Å²) in [6.45, 7) is 3.84. The van der Waals surface area contributed by atoms with Crippen molar-refractivity contribution in [2.75, 3.05) is 26.9 Å². The number of amides is 4. The predicted octanol–water partition coefficient (Wildman–Crippen LogP) is 0.0835. The van der Waals surface area contributed by atoms with Gasteiger partial charge in [0.05, 0.1) is 19.3 Å². The van der Waals surface area contributed by atoms with Crippen molar-refractivity contribution in [3.63, 3.8) is 0 Å². The van der Waals surface area contributed by atoms with Crippen molar-refractivity contribution in [1.82, 2.24) is 26.4 Å². The molecule has 0 aliphatic carbocycles. The molecule has 0 saturated heterocycles. The van der Waals surface area contributed by atoms with Gasteiger partial charge in [-0.15, -0.1) is 0 Å². The zero-order valence-corrected chi connectivity index (χ0v) is 21.5. The van der Waals surface area contributed by atoms with Crippen molar-refractivity contribution in [3.05, 3.63) is 52.7 Å². The SMILES string of the molecule is CNC(=O)OCCOCC(NC(=O)C(NC(=O)c1cc(C)on1)C(C)O)C(=O)NCc1ccc(C)cc1F. The molecule has 0 fully saturated rings. The lowest BCUT2D eigenvalue weighted by atomic mass is 10.1. The van der Waals surface area contributed by atoms with Gasteiger partial charge in [0, 0.05) is 25.2 Å². The number of carbonyl (C=O) groups is 4. The Labute approximate surface area is 218 Å². The third kappa shape index (κ3) is 9.44. The molecule has 38 heavy (non-hydrogen) atoms. The fourth-order valence-electron chi connectivity index (χ4n) is 3.11. The van der Waals surface area contributed by atoms with Crippen molar-refractivity contribution in [2.45, 2.75) is 45.5 Å². The number of hydrogen-bond donors (Lipinski definition) is 5. The highest BCUT2D eigenvalue weighted by Crippen LogP contribution is 2.10. The molecule has 0 spiro atoms. The minimum absolute atomic E-state index is 0.0955. The Kier molecular flexibility index (Phi) is 11.6. The van der Waals surface area contributed by atoms with Gasteiger partial charge < -0.3 is 40.4 Å². The molecule has 0 radical (unpaired) electrons. The third-order valence-corrected chi connectivity index (χ3v) is 5.16. The summed E-state index contributed by atoms with van der Waals surface area (Å²) in [5, 5.41) is 23.2. The number of halogens is 1. The highest BCUT2D eigenvalue weighted by Gasteiger charge is 2.31. The molecule has 0 saturated carbocycles. The topological polar surface area (TPSA) is 181 Å². The van der Waals surface area contributed by atoms with Gasteiger partial charge in [0.15, 0.2) is 5.69 Å². The van der Waals surface area contributed by atoms with E-state index in [0.29, 0.717) is 11.3 Å². The molecule has 1 aromatic heterocycles. The second kappa shape index (κ2) is 14.6. The maximum Gasteiger partial charge on any atom is 0.406 e. The van der Waals surface area contributed by atoms with Crippen LogP contribution in [0, 0.1) is 19.7 Å². The van der Waals surface area contributed by atoms with Gasteiger partial charge in [0.25, 0.3) is 5.91 Å². The van der Waals surface area contributed by atoms with Gasteiger partial charge in [-0.3, -0.25) is 14.4 Å². The number of hydrogen-bond acceptors (Lipinski definition) is 9. The van der Waals surface area contributed by atoms with Crippen LogP contribution in [0.25, 0.3) is 0 Å². The van der Waals surface area contributed by atoms with Crippen LogP contribution in [0.15, 0.2) is 28.8 Å². The second-order valence-electron chi connectivity index (χ2n) is 8.35. The monoisotopic (exact) mass is 537 g/mol. The van der Waals surface area contributed by atoms with E-state index in [0.717, 1.165) is 0 Å². The van der Waals surface area contributed by atoms with Crippen LogP contribution >= 0.6 is 0 Å². The van der Waals surface area contributed by atoms with Crippen molar-refractivity contribution in [1.29, 1.82) is 0 Å². The lowest BCUT2D eigenvalue weighted by Crippen LogP contribution is -2.58. The highest BCUT2D eigenvalue weighted by atomic mass is 19.1. The molecule has 0 aliphatic heterocycles.